The highest BCUT2D eigenvalue weighted by Crippen LogP contribution is 2.56. The largest absolute Gasteiger partial charge is 0.350 e. The van der Waals surface area contributed by atoms with Gasteiger partial charge in [0, 0.05) is 49.1 Å². The number of hydrogen-bond donors (Lipinski definition) is 1. The topological polar surface area (TPSA) is 30.9 Å². The second-order valence-corrected chi connectivity index (χ2v) is 16.9. The Morgan fingerprint density at radius 2 is 1.29 bits per heavy atom. The number of hydrogen-bond acceptors (Lipinski definition) is 5. The van der Waals surface area contributed by atoms with Gasteiger partial charge in [0.25, 0.3) is 0 Å². The zero-order chi connectivity index (χ0) is 38.8. The molecule has 11 rings (SSSR count). The average Bonchev–Trinajstić information content (AvgIpc) is 3.79. The van der Waals surface area contributed by atoms with Crippen molar-refractivity contribution in [2.75, 3.05) is 11.9 Å². The van der Waals surface area contributed by atoms with Crippen LogP contribution in [0.25, 0.3) is 42.4 Å². The van der Waals surface area contributed by atoms with E-state index in [9.17, 15) is 0 Å². The minimum atomic E-state index is -0.223. The van der Waals surface area contributed by atoms with E-state index in [4.69, 9.17) is 4.99 Å². The molecule has 1 aliphatic carbocycles. The molecular weight excluding hydrogens is 725 g/mol. The van der Waals surface area contributed by atoms with Crippen LogP contribution < -0.4 is 10.2 Å². The van der Waals surface area contributed by atoms with E-state index in [1.807, 2.05) is 11.3 Å². The number of para-hydroxylation sites is 2. The van der Waals surface area contributed by atoms with E-state index in [1.54, 1.807) is 0 Å². The molecule has 1 aromatic heterocycles. The van der Waals surface area contributed by atoms with E-state index >= 15 is 0 Å². The van der Waals surface area contributed by atoms with Crippen LogP contribution in [-0.2, 0) is 0 Å². The van der Waals surface area contributed by atoms with Gasteiger partial charge in [0.15, 0.2) is 0 Å². The van der Waals surface area contributed by atoms with Gasteiger partial charge in [-0.05, 0) is 83.3 Å². The standard InChI is InChI=1S/C53H42N4S/c1-53-34-39(31-32-45(53)43-25-12-13-29-46(43)57(53)40-23-10-5-11-24-40)41-26-16-30-47-48(41)44-28-15-27-42(49(44)58-47)37-21-14-22-38(33-37)52-55-50(35-17-6-3-7-18-35)54-51(56(52)2)36-19-8-4-9-20-36/h3-33,51-52H,34H2,1-2H3,(H,54,55). The fraction of sp³-hybridized carbons (Fsp3) is 0.113. The molecule has 0 spiro atoms. The number of benzene rings is 7. The second kappa shape index (κ2) is 13.8. The van der Waals surface area contributed by atoms with Crippen LogP contribution in [0.1, 0.15) is 53.5 Å². The molecule has 3 unspecified atom stereocenters. The first-order chi connectivity index (χ1) is 28.5. The molecule has 0 saturated carbocycles. The molecule has 3 atom stereocenters. The van der Waals surface area contributed by atoms with Crippen molar-refractivity contribution in [2.24, 2.45) is 4.99 Å². The molecule has 3 heterocycles. The smallest absolute Gasteiger partial charge is 0.132 e. The van der Waals surface area contributed by atoms with Crippen molar-refractivity contribution in [1.82, 2.24) is 10.2 Å². The van der Waals surface area contributed by atoms with Crippen molar-refractivity contribution in [3.05, 3.63) is 216 Å². The van der Waals surface area contributed by atoms with Crippen molar-refractivity contribution in [1.29, 1.82) is 0 Å². The zero-order valence-corrected chi connectivity index (χ0v) is 33.3. The number of nitrogens with zero attached hydrogens (tertiary/aromatic N) is 3. The fourth-order valence-corrected chi connectivity index (χ4v) is 10.9. The van der Waals surface area contributed by atoms with Crippen molar-refractivity contribution in [3.8, 4) is 11.1 Å². The molecule has 3 aliphatic rings. The third-order valence-electron chi connectivity index (χ3n) is 12.4. The second-order valence-electron chi connectivity index (χ2n) is 15.8. The Morgan fingerprint density at radius 1 is 0.638 bits per heavy atom. The monoisotopic (exact) mass is 766 g/mol. The molecule has 280 valence electrons. The SMILES string of the molecule is CN1C(c2cccc(-c3cccc4c3sc3cccc(C5=CC=C6c7ccccc7N(c7ccccc7)C6(C)C5)c34)c2)N=C(c2ccccc2)NC1c1ccccc1. The van der Waals surface area contributed by atoms with Gasteiger partial charge < -0.3 is 10.2 Å². The van der Waals surface area contributed by atoms with E-state index in [1.165, 1.54) is 76.1 Å². The van der Waals surface area contributed by atoms with Crippen molar-refractivity contribution in [3.63, 3.8) is 0 Å². The first-order valence-corrected chi connectivity index (χ1v) is 20.9. The van der Waals surface area contributed by atoms with Crippen LogP contribution in [0.3, 0.4) is 0 Å². The first kappa shape index (κ1) is 34.7. The molecule has 58 heavy (non-hydrogen) atoms. The lowest BCUT2D eigenvalue weighted by Gasteiger charge is -2.40. The zero-order valence-electron chi connectivity index (χ0n) is 32.5. The third kappa shape index (κ3) is 5.57. The van der Waals surface area contributed by atoms with Crippen molar-refractivity contribution < 1.29 is 0 Å². The Labute approximate surface area is 343 Å². The summed E-state index contributed by atoms with van der Waals surface area (Å²) in [5, 5.41) is 6.40. The van der Waals surface area contributed by atoms with Gasteiger partial charge in [-0.15, -0.1) is 11.3 Å². The number of amidine groups is 1. The summed E-state index contributed by atoms with van der Waals surface area (Å²) in [5.74, 6) is 0.906. The maximum Gasteiger partial charge on any atom is 0.132 e. The van der Waals surface area contributed by atoms with Crippen LogP contribution in [0.15, 0.2) is 193 Å². The van der Waals surface area contributed by atoms with Gasteiger partial charge in [-0.25, -0.2) is 4.99 Å². The minimum absolute atomic E-state index is 0.0348. The van der Waals surface area contributed by atoms with Crippen LogP contribution in [0.4, 0.5) is 11.4 Å². The summed E-state index contributed by atoms with van der Waals surface area (Å²) in [7, 11) is 2.17. The quantitative estimate of drug-likeness (QED) is 0.183. The van der Waals surface area contributed by atoms with E-state index < -0.39 is 0 Å². The molecule has 2 aliphatic heterocycles. The van der Waals surface area contributed by atoms with E-state index in [0.29, 0.717) is 0 Å². The highest BCUT2D eigenvalue weighted by molar-refractivity contribution is 7.26. The Morgan fingerprint density at radius 3 is 2.12 bits per heavy atom. The normalized spacial score (nSPS) is 20.2. The summed E-state index contributed by atoms with van der Waals surface area (Å²) in [6.45, 7) is 2.42. The Bertz CT molecular complexity index is 2950. The minimum Gasteiger partial charge on any atom is -0.350 e. The van der Waals surface area contributed by atoms with Gasteiger partial charge in [-0.2, -0.15) is 0 Å². The number of rotatable bonds is 6. The Hall–Kier alpha value is -6.53. The maximum absolute atomic E-state index is 5.36. The van der Waals surface area contributed by atoms with Gasteiger partial charge in [-0.1, -0.05) is 158 Å². The van der Waals surface area contributed by atoms with Crippen LogP contribution in [0.2, 0.25) is 0 Å². The lowest BCUT2D eigenvalue weighted by molar-refractivity contribution is 0.152. The number of allylic oxidation sites excluding steroid dienone is 2. The molecule has 1 N–H and O–H groups in total. The summed E-state index contributed by atoms with van der Waals surface area (Å²) in [6, 6.07) is 63.7. The number of anilines is 2. The predicted molar refractivity (Wildman–Crippen MR) is 245 cm³/mol. The number of fused-ring (bicyclic) bond motifs is 6. The fourth-order valence-electron chi connectivity index (χ4n) is 9.67. The average molecular weight is 767 g/mol. The summed E-state index contributed by atoms with van der Waals surface area (Å²) < 4.78 is 2.63. The summed E-state index contributed by atoms with van der Waals surface area (Å²) in [5.41, 5.74) is 13.6. The third-order valence-corrected chi connectivity index (χ3v) is 13.6. The van der Waals surface area contributed by atoms with Crippen LogP contribution in [-0.4, -0.2) is 23.3 Å². The molecule has 0 radical (unpaired) electrons. The van der Waals surface area contributed by atoms with Gasteiger partial charge >= 0.3 is 0 Å². The van der Waals surface area contributed by atoms with E-state index in [0.717, 1.165) is 17.8 Å². The van der Waals surface area contributed by atoms with Crippen LogP contribution >= 0.6 is 11.3 Å². The first-order valence-electron chi connectivity index (χ1n) is 20.1. The highest BCUT2D eigenvalue weighted by atomic mass is 32.1. The van der Waals surface area contributed by atoms with Crippen LogP contribution in [0.5, 0.6) is 0 Å². The Balaban J connectivity index is 0.999. The molecular formula is C53H42N4S. The van der Waals surface area contributed by atoms with Crippen molar-refractivity contribution >= 4 is 59.9 Å². The van der Waals surface area contributed by atoms with E-state index in [-0.39, 0.29) is 17.9 Å². The summed E-state index contributed by atoms with van der Waals surface area (Å²) >= 11 is 1.90. The van der Waals surface area contributed by atoms with E-state index in [2.05, 4.69) is 217 Å². The summed E-state index contributed by atoms with van der Waals surface area (Å²) in [6.07, 6.45) is 5.46. The van der Waals surface area contributed by atoms with Crippen LogP contribution in [0, 0.1) is 0 Å². The number of aliphatic imine (C=N–C) groups is 1. The van der Waals surface area contributed by atoms with Crippen molar-refractivity contribution in [2.45, 2.75) is 31.2 Å². The lowest BCUT2D eigenvalue weighted by Crippen LogP contribution is -2.45. The summed E-state index contributed by atoms with van der Waals surface area (Å²) in [4.78, 5) is 10.3. The maximum atomic E-state index is 5.36. The molecule has 0 bridgehead atoms. The predicted octanol–water partition coefficient (Wildman–Crippen LogP) is 13.2. The molecule has 0 fully saturated rings. The molecule has 8 aromatic rings. The molecule has 7 aromatic carbocycles. The molecule has 4 nitrogen and oxygen atoms in total. The lowest BCUT2D eigenvalue weighted by atomic mass is 9.77. The van der Waals surface area contributed by atoms with Gasteiger partial charge in [0.1, 0.15) is 18.2 Å². The highest BCUT2D eigenvalue weighted by Gasteiger charge is 2.46. The van der Waals surface area contributed by atoms with Gasteiger partial charge in [0.05, 0.1) is 5.54 Å². The van der Waals surface area contributed by atoms with Gasteiger partial charge in [-0.3, -0.25) is 4.90 Å². The Kier molecular flexibility index (Phi) is 8.28. The number of thiophene rings is 1. The molecule has 5 heteroatoms. The molecule has 0 amide bonds. The number of nitrogens with one attached hydrogen (secondary N) is 1. The molecule has 0 saturated heterocycles. The van der Waals surface area contributed by atoms with Gasteiger partial charge in [0.2, 0.25) is 0 Å².